The molecule has 0 amide bonds. The first-order valence-corrected chi connectivity index (χ1v) is 3.33. The van der Waals surface area contributed by atoms with Crippen LogP contribution in [0.5, 0.6) is 0 Å². The van der Waals surface area contributed by atoms with Crippen molar-refractivity contribution in [3.8, 4) is 0 Å². The molecule has 2 nitrogen and oxygen atoms in total. The van der Waals surface area contributed by atoms with Crippen LogP contribution in [0, 0.1) is 12.7 Å². The molecule has 11 heavy (non-hydrogen) atoms. The highest BCUT2D eigenvalue weighted by Gasteiger charge is 2.17. The fourth-order valence-electron chi connectivity index (χ4n) is 1.10. The van der Waals surface area contributed by atoms with Gasteiger partial charge in [0.1, 0.15) is 11.7 Å². The van der Waals surface area contributed by atoms with E-state index in [0.29, 0.717) is 11.4 Å². The molecule has 0 saturated carbocycles. The second-order valence-electron chi connectivity index (χ2n) is 2.62. The van der Waals surface area contributed by atoms with E-state index in [0.717, 1.165) is 11.3 Å². The summed E-state index contributed by atoms with van der Waals surface area (Å²) in [4.78, 5) is 3.92. The van der Waals surface area contributed by atoms with Crippen LogP contribution >= 0.6 is 0 Å². The smallest absolute Gasteiger partial charge is 0.133 e. The highest BCUT2D eigenvalue weighted by Crippen LogP contribution is 2.29. The lowest BCUT2D eigenvalue weighted by Gasteiger charge is -2.15. The van der Waals surface area contributed by atoms with Crippen LogP contribution in [0.2, 0.25) is 0 Å². The van der Waals surface area contributed by atoms with Crippen LogP contribution in [0.25, 0.3) is 0 Å². The molecule has 0 radical (unpaired) electrons. The molecule has 56 valence electrons. The maximum Gasteiger partial charge on any atom is 0.133 e. The number of hydrogen-bond acceptors (Lipinski definition) is 2. The quantitative estimate of drug-likeness (QED) is 0.597. The molecule has 0 bridgehead atoms. The van der Waals surface area contributed by atoms with Crippen LogP contribution in [0.1, 0.15) is 11.1 Å². The van der Waals surface area contributed by atoms with Crippen LogP contribution in [-0.2, 0) is 0 Å². The van der Waals surface area contributed by atoms with Crippen molar-refractivity contribution in [2.75, 3.05) is 0 Å². The maximum absolute atomic E-state index is 12.9. The number of aliphatic imine (C=N–C) groups is 1. The van der Waals surface area contributed by atoms with Crippen LogP contribution in [0.4, 0.5) is 10.1 Å². The first-order valence-electron chi connectivity index (χ1n) is 3.33. The second-order valence-corrected chi connectivity index (χ2v) is 2.62. The Balaban J connectivity index is 2.61. The molecule has 0 fully saturated rings. The molecule has 0 spiro atoms. The summed E-state index contributed by atoms with van der Waals surface area (Å²) in [5, 5.41) is 0. The second kappa shape index (κ2) is 1.81. The highest BCUT2D eigenvalue weighted by molar-refractivity contribution is 6.10. The van der Waals surface area contributed by atoms with Gasteiger partial charge in [-0.3, -0.25) is 0 Å². The van der Waals surface area contributed by atoms with Crippen LogP contribution < -0.4 is 5.73 Å². The average molecular weight is 150 g/mol. The van der Waals surface area contributed by atoms with Crippen molar-refractivity contribution in [2.24, 2.45) is 10.7 Å². The Morgan fingerprint density at radius 2 is 2.18 bits per heavy atom. The van der Waals surface area contributed by atoms with Gasteiger partial charge in [-0.2, -0.15) is 0 Å². The monoisotopic (exact) mass is 150 g/mol. The number of amidine groups is 1. The third kappa shape index (κ3) is 0.738. The molecule has 0 aromatic heterocycles. The van der Waals surface area contributed by atoms with Gasteiger partial charge < -0.3 is 5.73 Å². The van der Waals surface area contributed by atoms with Gasteiger partial charge in [0, 0.05) is 5.56 Å². The summed E-state index contributed by atoms with van der Waals surface area (Å²) in [6.45, 7) is 1.71. The number of aryl methyl sites for hydroxylation is 1. The van der Waals surface area contributed by atoms with E-state index in [1.165, 1.54) is 6.07 Å². The predicted molar refractivity (Wildman–Crippen MR) is 41.5 cm³/mol. The van der Waals surface area contributed by atoms with Crippen molar-refractivity contribution < 1.29 is 4.39 Å². The maximum atomic E-state index is 12.9. The molecule has 1 heterocycles. The zero-order valence-electron chi connectivity index (χ0n) is 6.06. The third-order valence-electron chi connectivity index (χ3n) is 1.79. The Hall–Kier alpha value is -1.38. The zero-order chi connectivity index (χ0) is 8.01. The molecular weight excluding hydrogens is 143 g/mol. The van der Waals surface area contributed by atoms with E-state index < -0.39 is 0 Å². The molecule has 0 saturated heterocycles. The number of halogens is 1. The first kappa shape index (κ1) is 6.34. The standard InChI is InChI=1S/C8H7FN2/c1-4-2-7-5(3-6(4)9)8(10)11-7/h2-3H,1H3,(H2,10,11). The van der Waals surface area contributed by atoms with E-state index >= 15 is 0 Å². The van der Waals surface area contributed by atoms with Crippen molar-refractivity contribution >= 4 is 11.5 Å². The summed E-state index contributed by atoms with van der Waals surface area (Å²) in [7, 11) is 0. The van der Waals surface area contributed by atoms with Gasteiger partial charge in [-0.25, -0.2) is 9.38 Å². The van der Waals surface area contributed by atoms with Crippen molar-refractivity contribution in [1.29, 1.82) is 0 Å². The Labute approximate surface area is 63.6 Å². The molecule has 1 aromatic carbocycles. The Bertz CT molecular complexity index is 355. The van der Waals surface area contributed by atoms with E-state index in [9.17, 15) is 4.39 Å². The fourth-order valence-corrected chi connectivity index (χ4v) is 1.10. The molecule has 0 atom stereocenters. The summed E-state index contributed by atoms with van der Waals surface area (Å²) >= 11 is 0. The molecule has 0 aliphatic carbocycles. The van der Waals surface area contributed by atoms with Gasteiger partial charge in [0.2, 0.25) is 0 Å². The van der Waals surface area contributed by atoms with Gasteiger partial charge in [-0.05, 0) is 24.6 Å². The van der Waals surface area contributed by atoms with Gasteiger partial charge in [0.15, 0.2) is 0 Å². The van der Waals surface area contributed by atoms with Gasteiger partial charge in [0.05, 0.1) is 5.69 Å². The number of nitrogens with zero attached hydrogens (tertiary/aromatic N) is 1. The minimum absolute atomic E-state index is 0.221. The lowest BCUT2D eigenvalue weighted by Crippen LogP contribution is -2.19. The largest absolute Gasteiger partial charge is 0.383 e. The normalized spacial score (nSPS) is 13.5. The topological polar surface area (TPSA) is 38.4 Å². The number of hydrogen-bond donors (Lipinski definition) is 1. The summed E-state index contributed by atoms with van der Waals surface area (Å²) in [6.07, 6.45) is 0. The Morgan fingerprint density at radius 1 is 1.45 bits per heavy atom. The minimum atomic E-state index is -0.221. The highest BCUT2D eigenvalue weighted by atomic mass is 19.1. The summed E-state index contributed by atoms with van der Waals surface area (Å²) in [5.41, 5.74) is 7.53. The van der Waals surface area contributed by atoms with Gasteiger partial charge in [-0.1, -0.05) is 0 Å². The van der Waals surface area contributed by atoms with Gasteiger partial charge >= 0.3 is 0 Å². The molecule has 2 N–H and O–H groups in total. The molecule has 3 heteroatoms. The molecule has 1 aliphatic heterocycles. The molecule has 2 rings (SSSR count). The van der Waals surface area contributed by atoms with Gasteiger partial charge in [0.25, 0.3) is 0 Å². The average Bonchev–Trinajstić information content (AvgIpc) is 1.97. The number of fused-ring (bicyclic) bond motifs is 1. The lowest BCUT2D eigenvalue weighted by atomic mass is 10.0. The Morgan fingerprint density at radius 3 is 2.82 bits per heavy atom. The number of benzene rings is 1. The van der Waals surface area contributed by atoms with Crippen LogP contribution in [0.15, 0.2) is 17.1 Å². The first-order chi connectivity index (χ1) is 5.18. The van der Waals surface area contributed by atoms with E-state index in [4.69, 9.17) is 5.73 Å². The third-order valence-corrected chi connectivity index (χ3v) is 1.79. The minimum Gasteiger partial charge on any atom is -0.383 e. The van der Waals surface area contributed by atoms with Crippen molar-refractivity contribution in [3.63, 3.8) is 0 Å². The SMILES string of the molecule is Cc1cc2c(cc1F)C(N)=N2. The number of rotatable bonds is 0. The van der Waals surface area contributed by atoms with Crippen molar-refractivity contribution in [1.82, 2.24) is 0 Å². The summed E-state index contributed by atoms with van der Waals surface area (Å²) in [5.74, 6) is 0.209. The van der Waals surface area contributed by atoms with E-state index in [-0.39, 0.29) is 5.82 Å². The Kier molecular flexibility index (Phi) is 1.04. The van der Waals surface area contributed by atoms with E-state index in [1.807, 2.05) is 0 Å². The summed E-state index contributed by atoms with van der Waals surface area (Å²) in [6, 6.07) is 3.12. The van der Waals surface area contributed by atoms with E-state index in [2.05, 4.69) is 4.99 Å². The van der Waals surface area contributed by atoms with Gasteiger partial charge in [-0.15, -0.1) is 0 Å². The zero-order valence-corrected chi connectivity index (χ0v) is 6.06. The molecular formula is C8H7FN2. The van der Waals surface area contributed by atoms with Crippen LogP contribution in [-0.4, -0.2) is 5.84 Å². The van der Waals surface area contributed by atoms with E-state index in [1.54, 1.807) is 13.0 Å². The fraction of sp³-hybridized carbons (Fsp3) is 0.125. The predicted octanol–water partition coefficient (Wildman–Crippen LogP) is 1.48. The number of nitrogens with two attached hydrogens (primary N) is 1. The van der Waals surface area contributed by atoms with Crippen molar-refractivity contribution in [2.45, 2.75) is 6.92 Å². The lowest BCUT2D eigenvalue weighted by molar-refractivity contribution is 0.618. The molecule has 1 aliphatic rings. The molecule has 1 aromatic rings. The van der Waals surface area contributed by atoms with Crippen LogP contribution in [0.3, 0.4) is 0 Å². The molecule has 0 unspecified atom stereocenters. The summed E-state index contributed by atoms with van der Waals surface area (Å²) < 4.78 is 12.9. The van der Waals surface area contributed by atoms with Crippen molar-refractivity contribution in [3.05, 3.63) is 29.1 Å².